The van der Waals surface area contributed by atoms with Crippen molar-refractivity contribution in [3.05, 3.63) is 42.5 Å². The zero-order valence-electron chi connectivity index (χ0n) is 19.2. The van der Waals surface area contributed by atoms with Gasteiger partial charge in [0, 0.05) is 24.8 Å². The fraction of sp³-hybridized carbons (Fsp3) is 0.435. The van der Waals surface area contributed by atoms with Gasteiger partial charge in [-0.2, -0.15) is 4.31 Å². The molecule has 1 heterocycles. The molecule has 2 N–H and O–H groups in total. The molecule has 33 heavy (non-hydrogen) atoms. The topological polar surface area (TPSA) is 106 Å². The molecule has 0 saturated carbocycles. The van der Waals surface area contributed by atoms with E-state index in [4.69, 9.17) is 14.2 Å². The first kappa shape index (κ1) is 24.8. The number of carbonyl (C=O) groups excluding carboxylic acids is 1. The lowest BCUT2D eigenvalue weighted by Gasteiger charge is -2.26. The lowest BCUT2D eigenvalue weighted by atomic mass is 10.2. The Morgan fingerprint density at radius 2 is 1.82 bits per heavy atom. The summed E-state index contributed by atoms with van der Waals surface area (Å²) in [5.41, 5.74) is 1.03. The Kier molecular flexibility index (Phi) is 8.54. The van der Waals surface area contributed by atoms with Crippen LogP contribution in [-0.4, -0.2) is 64.2 Å². The number of rotatable bonds is 10. The molecule has 1 unspecified atom stereocenters. The van der Waals surface area contributed by atoms with Gasteiger partial charge in [-0.15, -0.1) is 0 Å². The maximum absolute atomic E-state index is 12.9. The lowest BCUT2D eigenvalue weighted by molar-refractivity contribution is -0.116. The van der Waals surface area contributed by atoms with E-state index in [1.807, 2.05) is 19.9 Å². The van der Waals surface area contributed by atoms with Gasteiger partial charge >= 0.3 is 0 Å². The number of sulfonamides is 1. The highest BCUT2D eigenvalue weighted by molar-refractivity contribution is 7.89. The molecule has 0 spiro atoms. The second-order valence-electron chi connectivity index (χ2n) is 7.42. The molecule has 3 rings (SSSR count). The minimum Gasteiger partial charge on any atom is -0.494 e. The van der Waals surface area contributed by atoms with Gasteiger partial charge in [0.1, 0.15) is 17.5 Å². The molecule has 1 aliphatic rings. The largest absolute Gasteiger partial charge is 0.494 e. The predicted octanol–water partition coefficient (Wildman–Crippen LogP) is 2.94. The van der Waals surface area contributed by atoms with Crippen LogP contribution < -0.4 is 20.1 Å². The average molecular weight is 478 g/mol. The van der Waals surface area contributed by atoms with Crippen molar-refractivity contribution < 1.29 is 27.4 Å². The van der Waals surface area contributed by atoms with E-state index in [0.717, 1.165) is 0 Å². The van der Waals surface area contributed by atoms with Gasteiger partial charge in [0.2, 0.25) is 15.9 Å². The van der Waals surface area contributed by atoms with E-state index >= 15 is 0 Å². The molecule has 1 aliphatic heterocycles. The predicted molar refractivity (Wildman–Crippen MR) is 127 cm³/mol. The number of nitrogens with one attached hydrogen (secondary N) is 2. The van der Waals surface area contributed by atoms with Crippen molar-refractivity contribution in [1.29, 1.82) is 0 Å². The van der Waals surface area contributed by atoms with Crippen LogP contribution >= 0.6 is 0 Å². The number of ether oxygens (including phenoxy) is 3. The van der Waals surface area contributed by atoms with Crippen molar-refractivity contribution in [2.45, 2.75) is 31.7 Å². The fourth-order valence-electron chi connectivity index (χ4n) is 3.38. The zero-order chi connectivity index (χ0) is 23.8. The van der Waals surface area contributed by atoms with Gasteiger partial charge in [0.05, 0.1) is 37.0 Å². The summed E-state index contributed by atoms with van der Waals surface area (Å²) in [5.74, 6) is 0.955. The number of amides is 1. The standard InChI is InChI=1S/C23H31N3O6S/c1-4-31-19-9-10-22(32-5-2)21(16-19)24-17(3)23(27)25-18-7-6-8-20(15-18)33(28,29)26-11-13-30-14-12-26/h6-10,15-17,24H,4-5,11-14H2,1-3H3,(H,25,27). The van der Waals surface area contributed by atoms with E-state index in [0.29, 0.717) is 62.4 Å². The first-order valence-corrected chi connectivity index (χ1v) is 12.4. The van der Waals surface area contributed by atoms with Gasteiger partial charge in [-0.05, 0) is 51.1 Å². The Morgan fingerprint density at radius 1 is 1.09 bits per heavy atom. The summed E-state index contributed by atoms with van der Waals surface area (Å²) in [6.45, 7) is 7.85. The second-order valence-corrected chi connectivity index (χ2v) is 9.36. The molecule has 0 radical (unpaired) electrons. The van der Waals surface area contributed by atoms with E-state index in [2.05, 4.69) is 10.6 Å². The number of hydrogen-bond acceptors (Lipinski definition) is 7. The van der Waals surface area contributed by atoms with Crippen LogP contribution in [-0.2, 0) is 19.6 Å². The molecule has 9 nitrogen and oxygen atoms in total. The molecular formula is C23H31N3O6S. The van der Waals surface area contributed by atoms with Crippen LogP contribution in [0, 0.1) is 0 Å². The van der Waals surface area contributed by atoms with Crippen molar-refractivity contribution in [3.63, 3.8) is 0 Å². The van der Waals surface area contributed by atoms with Crippen LogP contribution in [0.15, 0.2) is 47.4 Å². The maximum atomic E-state index is 12.9. The van der Waals surface area contributed by atoms with Gasteiger partial charge in [0.25, 0.3) is 0 Å². The molecule has 1 atom stereocenters. The molecule has 1 fully saturated rings. The first-order valence-electron chi connectivity index (χ1n) is 11.0. The Labute approximate surface area is 195 Å². The lowest BCUT2D eigenvalue weighted by Crippen LogP contribution is -2.40. The second kappa shape index (κ2) is 11.4. The van der Waals surface area contributed by atoms with Gasteiger partial charge < -0.3 is 24.8 Å². The molecular weight excluding hydrogens is 446 g/mol. The van der Waals surface area contributed by atoms with Crippen LogP contribution in [0.1, 0.15) is 20.8 Å². The summed E-state index contributed by atoms with van der Waals surface area (Å²) in [4.78, 5) is 13.0. The van der Waals surface area contributed by atoms with Crippen molar-refractivity contribution in [3.8, 4) is 11.5 Å². The Bertz CT molecular complexity index is 1050. The SMILES string of the molecule is CCOc1ccc(OCC)c(NC(C)C(=O)Nc2cccc(S(=O)(=O)N3CCOCC3)c2)c1. The van der Waals surface area contributed by atoms with Gasteiger partial charge in [-0.1, -0.05) is 6.07 Å². The average Bonchev–Trinajstić information content (AvgIpc) is 2.81. The normalized spacial score (nSPS) is 15.5. The highest BCUT2D eigenvalue weighted by atomic mass is 32.2. The van der Waals surface area contributed by atoms with Crippen molar-refractivity contribution in [2.75, 3.05) is 50.2 Å². The maximum Gasteiger partial charge on any atom is 0.246 e. The molecule has 0 aromatic heterocycles. The quantitative estimate of drug-likeness (QED) is 0.542. The van der Waals surface area contributed by atoms with E-state index in [9.17, 15) is 13.2 Å². The van der Waals surface area contributed by atoms with Crippen molar-refractivity contribution >= 4 is 27.3 Å². The minimum atomic E-state index is -3.66. The summed E-state index contributed by atoms with van der Waals surface area (Å²) < 4.78 is 43.6. The molecule has 0 bridgehead atoms. The summed E-state index contributed by atoms with van der Waals surface area (Å²) >= 11 is 0. The summed E-state index contributed by atoms with van der Waals surface area (Å²) in [6.07, 6.45) is 0. The van der Waals surface area contributed by atoms with E-state index in [1.54, 1.807) is 31.2 Å². The van der Waals surface area contributed by atoms with Crippen LogP contribution in [0.25, 0.3) is 0 Å². The minimum absolute atomic E-state index is 0.130. The monoisotopic (exact) mass is 477 g/mol. The molecule has 1 amide bonds. The number of benzene rings is 2. The number of anilines is 2. The Balaban J connectivity index is 1.71. The molecule has 180 valence electrons. The summed E-state index contributed by atoms with van der Waals surface area (Å²) in [7, 11) is -3.66. The van der Waals surface area contributed by atoms with Crippen LogP contribution in [0.2, 0.25) is 0 Å². The number of hydrogen-bond donors (Lipinski definition) is 2. The third kappa shape index (κ3) is 6.37. The smallest absolute Gasteiger partial charge is 0.246 e. The number of nitrogens with zero attached hydrogens (tertiary/aromatic N) is 1. The van der Waals surface area contributed by atoms with Crippen LogP contribution in [0.5, 0.6) is 11.5 Å². The highest BCUT2D eigenvalue weighted by Gasteiger charge is 2.26. The van der Waals surface area contributed by atoms with E-state index in [1.165, 1.54) is 16.4 Å². The third-order valence-electron chi connectivity index (χ3n) is 5.04. The molecule has 2 aromatic rings. The van der Waals surface area contributed by atoms with Crippen LogP contribution in [0.4, 0.5) is 11.4 Å². The zero-order valence-corrected chi connectivity index (χ0v) is 20.0. The van der Waals surface area contributed by atoms with E-state index < -0.39 is 16.1 Å². The summed E-state index contributed by atoms with van der Waals surface area (Å²) in [6, 6.07) is 11.0. The number of carbonyl (C=O) groups is 1. The molecule has 2 aromatic carbocycles. The molecule has 0 aliphatic carbocycles. The highest BCUT2D eigenvalue weighted by Crippen LogP contribution is 2.30. The fourth-order valence-corrected chi connectivity index (χ4v) is 4.83. The van der Waals surface area contributed by atoms with Crippen LogP contribution in [0.3, 0.4) is 0 Å². The van der Waals surface area contributed by atoms with Gasteiger partial charge in [-0.25, -0.2) is 8.42 Å². The van der Waals surface area contributed by atoms with Crippen molar-refractivity contribution in [1.82, 2.24) is 4.31 Å². The van der Waals surface area contributed by atoms with Gasteiger partial charge in [0.15, 0.2) is 0 Å². The number of morpholine rings is 1. The summed E-state index contributed by atoms with van der Waals surface area (Å²) in [5, 5.41) is 5.94. The molecule has 10 heteroatoms. The van der Waals surface area contributed by atoms with Crippen molar-refractivity contribution in [2.24, 2.45) is 0 Å². The molecule has 1 saturated heterocycles. The van der Waals surface area contributed by atoms with Gasteiger partial charge in [-0.3, -0.25) is 4.79 Å². The van der Waals surface area contributed by atoms with E-state index in [-0.39, 0.29) is 10.8 Å². The third-order valence-corrected chi connectivity index (χ3v) is 6.93. The first-order chi connectivity index (χ1) is 15.8. The Morgan fingerprint density at radius 3 is 2.52 bits per heavy atom. The Hall–Kier alpha value is -2.82.